The summed E-state index contributed by atoms with van der Waals surface area (Å²) in [6, 6.07) is 10.7. The zero-order valence-corrected chi connectivity index (χ0v) is 12.4. The second kappa shape index (κ2) is 6.58. The Balaban J connectivity index is 1.79. The number of nitrogens with zero attached hydrogens (tertiary/aromatic N) is 3. The predicted octanol–water partition coefficient (Wildman–Crippen LogP) is 3.35. The van der Waals surface area contributed by atoms with Gasteiger partial charge in [0.15, 0.2) is 0 Å². The highest BCUT2D eigenvalue weighted by Gasteiger charge is 2.13. The van der Waals surface area contributed by atoms with Gasteiger partial charge in [-0.1, -0.05) is 18.2 Å². The zero-order chi connectivity index (χ0) is 15.4. The van der Waals surface area contributed by atoms with Crippen molar-refractivity contribution in [3.8, 4) is 0 Å². The Hall–Kier alpha value is -2.40. The van der Waals surface area contributed by atoms with E-state index in [1.807, 2.05) is 42.1 Å². The summed E-state index contributed by atoms with van der Waals surface area (Å²) in [5.41, 5.74) is 1.75. The molecule has 0 atom stereocenters. The third-order valence-electron chi connectivity index (χ3n) is 3.61. The molecule has 4 nitrogen and oxygen atoms in total. The van der Waals surface area contributed by atoms with E-state index >= 15 is 0 Å². The van der Waals surface area contributed by atoms with Crippen LogP contribution in [0.3, 0.4) is 0 Å². The minimum atomic E-state index is -0.183. The van der Waals surface area contributed by atoms with E-state index in [0.29, 0.717) is 25.2 Å². The smallest absolute Gasteiger partial charge is 0.127 e. The first kappa shape index (κ1) is 14.5. The highest BCUT2D eigenvalue weighted by Crippen LogP contribution is 2.16. The molecule has 2 aromatic heterocycles. The van der Waals surface area contributed by atoms with Crippen LogP contribution in [0.4, 0.5) is 4.39 Å². The predicted molar refractivity (Wildman–Crippen MR) is 81.3 cm³/mol. The van der Waals surface area contributed by atoms with Crippen molar-refractivity contribution in [2.24, 2.45) is 7.05 Å². The van der Waals surface area contributed by atoms with Crippen molar-refractivity contribution in [2.75, 3.05) is 0 Å². The van der Waals surface area contributed by atoms with E-state index in [9.17, 15) is 4.39 Å². The van der Waals surface area contributed by atoms with Gasteiger partial charge in [0.05, 0.1) is 24.8 Å². The first-order valence-electron chi connectivity index (χ1n) is 7.15. The summed E-state index contributed by atoms with van der Waals surface area (Å²) >= 11 is 0. The molecule has 0 bridgehead atoms. The van der Waals surface area contributed by atoms with E-state index in [-0.39, 0.29) is 5.82 Å². The van der Waals surface area contributed by atoms with E-state index in [2.05, 4.69) is 9.88 Å². The number of imidazole rings is 1. The van der Waals surface area contributed by atoms with Crippen molar-refractivity contribution in [1.29, 1.82) is 0 Å². The molecule has 0 fully saturated rings. The summed E-state index contributed by atoms with van der Waals surface area (Å²) in [4.78, 5) is 6.27. The van der Waals surface area contributed by atoms with Crippen LogP contribution in [-0.2, 0) is 26.7 Å². The fourth-order valence-corrected chi connectivity index (χ4v) is 2.42. The molecule has 0 aliphatic carbocycles. The van der Waals surface area contributed by atoms with E-state index in [1.54, 1.807) is 18.7 Å². The number of hydrogen-bond acceptors (Lipinski definition) is 3. The molecule has 3 rings (SSSR count). The Labute approximate surface area is 128 Å². The highest BCUT2D eigenvalue weighted by atomic mass is 19.1. The first-order valence-corrected chi connectivity index (χ1v) is 7.15. The zero-order valence-electron chi connectivity index (χ0n) is 12.4. The lowest BCUT2D eigenvalue weighted by Crippen LogP contribution is -2.23. The second-order valence-electron chi connectivity index (χ2n) is 5.31. The number of benzene rings is 1. The Morgan fingerprint density at radius 3 is 2.68 bits per heavy atom. The number of halogens is 1. The van der Waals surface area contributed by atoms with Crippen molar-refractivity contribution in [1.82, 2.24) is 14.5 Å². The molecule has 0 saturated heterocycles. The van der Waals surface area contributed by atoms with Crippen LogP contribution in [0.15, 0.2) is 59.6 Å². The maximum Gasteiger partial charge on any atom is 0.127 e. The lowest BCUT2D eigenvalue weighted by atomic mass is 10.2. The van der Waals surface area contributed by atoms with Crippen molar-refractivity contribution in [3.63, 3.8) is 0 Å². The third-order valence-corrected chi connectivity index (χ3v) is 3.61. The molecule has 22 heavy (non-hydrogen) atoms. The van der Waals surface area contributed by atoms with E-state index in [0.717, 1.165) is 11.5 Å². The van der Waals surface area contributed by atoms with Crippen molar-refractivity contribution in [2.45, 2.75) is 19.6 Å². The largest absolute Gasteiger partial charge is 0.468 e. The van der Waals surface area contributed by atoms with Gasteiger partial charge in [-0.25, -0.2) is 9.37 Å². The van der Waals surface area contributed by atoms with Crippen LogP contribution in [0.5, 0.6) is 0 Å². The van der Waals surface area contributed by atoms with Gasteiger partial charge in [-0.15, -0.1) is 0 Å². The molecule has 0 N–H and O–H groups in total. The third kappa shape index (κ3) is 3.43. The van der Waals surface area contributed by atoms with Crippen molar-refractivity contribution < 1.29 is 8.81 Å². The van der Waals surface area contributed by atoms with Crippen LogP contribution in [-0.4, -0.2) is 14.5 Å². The normalized spacial score (nSPS) is 11.2. The second-order valence-corrected chi connectivity index (χ2v) is 5.31. The summed E-state index contributed by atoms with van der Waals surface area (Å²) in [6.07, 6.45) is 5.25. The number of furan rings is 1. The van der Waals surface area contributed by atoms with Gasteiger partial charge in [-0.3, -0.25) is 4.90 Å². The summed E-state index contributed by atoms with van der Waals surface area (Å²) < 4.78 is 21.3. The molecule has 0 radical (unpaired) electrons. The van der Waals surface area contributed by atoms with Crippen LogP contribution in [0.2, 0.25) is 0 Å². The van der Waals surface area contributed by atoms with Crippen LogP contribution in [0.25, 0.3) is 0 Å². The number of hydrogen-bond donors (Lipinski definition) is 0. The molecule has 0 aliphatic rings. The fraction of sp³-hybridized carbons (Fsp3) is 0.235. The van der Waals surface area contributed by atoms with Gasteiger partial charge in [-0.05, 0) is 18.2 Å². The van der Waals surface area contributed by atoms with Crippen LogP contribution < -0.4 is 0 Å². The molecule has 5 heteroatoms. The molecule has 0 aliphatic heterocycles. The molecular weight excluding hydrogens is 281 g/mol. The van der Waals surface area contributed by atoms with Crippen LogP contribution in [0, 0.1) is 5.82 Å². The minimum Gasteiger partial charge on any atom is -0.468 e. The molecule has 0 saturated carbocycles. The topological polar surface area (TPSA) is 34.2 Å². The summed E-state index contributed by atoms with van der Waals surface area (Å²) in [5.74, 6) is 0.676. The summed E-state index contributed by atoms with van der Waals surface area (Å²) in [6.45, 7) is 1.80. The van der Waals surface area contributed by atoms with Crippen molar-refractivity contribution in [3.05, 3.63) is 78.0 Å². The quantitative estimate of drug-likeness (QED) is 0.700. The van der Waals surface area contributed by atoms with Crippen molar-refractivity contribution >= 4 is 0 Å². The number of aromatic nitrogens is 2. The number of rotatable bonds is 6. The maximum atomic E-state index is 13.9. The van der Waals surface area contributed by atoms with E-state index < -0.39 is 0 Å². The van der Waals surface area contributed by atoms with E-state index in [1.165, 1.54) is 6.07 Å². The van der Waals surface area contributed by atoms with Gasteiger partial charge in [0, 0.05) is 31.9 Å². The van der Waals surface area contributed by atoms with Gasteiger partial charge in [-0.2, -0.15) is 0 Å². The molecule has 0 amide bonds. The van der Waals surface area contributed by atoms with Crippen LogP contribution >= 0.6 is 0 Å². The first-order chi connectivity index (χ1) is 10.7. The SMILES string of the molecule is Cn1cncc1CN(Cc1ccco1)Cc1ccccc1F. The minimum absolute atomic E-state index is 0.183. The number of aryl methyl sites for hydroxylation is 1. The average molecular weight is 299 g/mol. The monoisotopic (exact) mass is 299 g/mol. The van der Waals surface area contributed by atoms with Crippen LogP contribution in [0.1, 0.15) is 17.0 Å². The maximum absolute atomic E-state index is 13.9. The Morgan fingerprint density at radius 2 is 2.00 bits per heavy atom. The highest BCUT2D eigenvalue weighted by molar-refractivity contribution is 5.17. The molecule has 3 aromatic rings. The molecule has 2 heterocycles. The Bertz CT molecular complexity index is 721. The standard InChI is InChI=1S/C17H18FN3O/c1-20-13-19-9-15(20)11-21(12-16-6-4-8-22-16)10-14-5-2-3-7-17(14)18/h2-9,13H,10-12H2,1H3. The molecular formula is C17H18FN3O. The van der Waals surface area contributed by atoms with Gasteiger partial charge in [0.2, 0.25) is 0 Å². The summed E-state index contributed by atoms with van der Waals surface area (Å²) in [7, 11) is 1.95. The molecule has 114 valence electrons. The molecule has 1 aromatic carbocycles. The molecule has 0 unspecified atom stereocenters. The fourth-order valence-electron chi connectivity index (χ4n) is 2.42. The van der Waals surface area contributed by atoms with E-state index in [4.69, 9.17) is 4.42 Å². The lowest BCUT2D eigenvalue weighted by molar-refractivity contribution is 0.219. The van der Waals surface area contributed by atoms with Gasteiger partial charge < -0.3 is 8.98 Å². The van der Waals surface area contributed by atoms with Gasteiger partial charge in [0.25, 0.3) is 0 Å². The van der Waals surface area contributed by atoms with Gasteiger partial charge >= 0.3 is 0 Å². The Morgan fingerprint density at radius 1 is 1.14 bits per heavy atom. The van der Waals surface area contributed by atoms with Gasteiger partial charge in [0.1, 0.15) is 11.6 Å². The average Bonchev–Trinajstić information content (AvgIpc) is 3.14. The Kier molecular flexibility index (Phi) is 4.34. The summed E-state index contributed by atoms with van der Waals surface area (Å²) in [5, 5.41) is 0. The molecule has 0 spiro atoms. The lowest BCUT2D eigenvalue weighted by Gasteiger charge is -2.21.